The van der Waals surface area contributed by atoms with Crippen molar-refractivity contribution in [3.05, 3.63) is 47.5 Å². The van der Waals surface area contributed by atoms with E-state index in [0.717, 1.165) is 12.8 Å². The number of hydrogen-bond donors (Lipinski definition) is 1. The Bertz CT molecular complexity index is 844. The van der Waals surface area contributed by atoms with Crippen LogP contribution in [0.1, 0.15) is 47.8 Å². The lowest BCUT2D eigenvalue weighted by Gasteiger charge is -2.32. The molecule has 0 saturated carbocycles. The van der Waals surface area contributed by atoms with Gasteiger partial charge in [0.15, 0.2) is 11.6 Å². The number of ether oxygens (including phenoxy) is 1. The van der Waals surface area contributed by atoms with Gasteiger partial charge in [0.2, 0.25) is 5.91 Å². The fourth-order valence-corrected chi connectivity index (χ4v) is 3.49. The number of para-hydroxylation sites is 1. The van der Waals surface area contributed by atoms with Crippen LogP contribution in [0.5, 0.6) is 5.75 Å². The summed E-state index contributed by atoms with van der Waals surface area (Å²) in [5.41, 5.74) is 0.857. The van der Waals surface area contributed by atoms with Gasteiger partial charge in [-0.25, -0.2) is 9.18 Å². The van der Waals surface area contributed by atoms with Crippen LogP contribution >= 0.6 is 0 Å². The van der Waals surface area contributed by atoms with Crippen LogP contribution < -0.4 is 4.74 Å². The summed E-state index contributed by atoms with van der Waals surface area (Å²) >= 11 is 0. The Kier molecular flexibility index (Phi) is 6.28. The van der Waals surface area contributed by atoms with Gasteiger partial charge in [-0.1, -0.05) is 12.1 Å². The first-order valence-corrected chi connectivity index (χ1v) is 9.40. The summed E-state index contributed by atoms with van der Waals surface area (Å²) in [6.07, 6.45) is 3.72. The molecule has 1 aromatic carbocycles. The Morgan fingerprint density at radius 1 is 1.29 bits per heavy atom. The van der Waals surface area contributed by atoms with Gasteiger partial charge in [0.05, 0.1) is 24.5 Å². The van der Waals surface area contributed by atoms with Gasteiger partial charge in [0.1, 0.15) is 5.56 Å². The molecule has 1 fully saturated rings. The fourth-order valence-electron chi connectivity index (χ4n) is 3.49. The van der Waals surface area contributed by atoms with E-state index in [1.165, 1.54) is 12.3 Å². The maximum absolute atomic E-state index is 13.5. The topological polar surface area (TPSA) is 84.7 Å². The van der Waals surface area contributed by atoms with E-state index >= 15 is 0 Å². The van der Waals surface area contributed by atoms with Crippen molar-refractivity contribution < 1.29 is 23.8 Å². The van der Waals surface area contributed by atoms with E-state index in [9.17, 15) is 14.0 Å². The van der Waals surface area contributed by atoms with Crippen molar-refractivity contribution >= 4 is 11.9 Å². The van der Waals surface area contributed by atoms with Gasteiger partial charge in [0, 0.05) is 19.5 Å². The molecule has 2 heterocycles. The number of rotatable bonds is 7. The van der Waals surface area contributed by atoms with Crippen LogP contribution in [0.25, 0.3) is 0 Å². The Hall–Kier alpha value is -2.90. The van der Waals surface area contributed by atoms with E-state index in [1.54, 1.807) is 29.8 Å². The lowest BCUT2D eigenvalue weighted by atomic mass is 10.0. The molecule has 1 aliphatic rings. The third kappa shape index (κ3) is 4.49. The second kappa shape index (κ2) is 8.86. The Balaban J connectivity index is 1.43. The molecule has 1 aromatic heterocycles. The number of carboxylic acids is 1. The smallest absolute Gasteiger partial charge is 0.339 e. The maximum Gasteiger partial charge on any atom is 0.339 e. The molecule has 0 atom stereocenters. The van der Waals surface area contributed by atoms with Crippen LogP contribution in [0.2, 0.25) is 0 Å². The predicted octanol–water partition coefficient (Wildman–Crippen LogP) is 3.05. The normalized spacial score (nSPS) is 14.9. The molecule has 2 aromatic rings. The zero-order valence-corrected chi connectivity index (χ0v) is 15.8. The second-order valence-electron chi connectivity index (χ2n) is 6.89. The molecular formula is C20H24FN3O4. The highest BCUT2D eigenvalue weighted by Gasteiger charge is 2.26. The minimum atomic E-state index is -0.978. The number of aromatic nitrogens is 2. The number of aromatic carboxylic acids is 1. The van der Waals surface area contributed by atoms with Crippen molar-refractivity contribution in [1.29, 1.82) is 0 Å². The quantitative estimate of drug-likeness (QED) is 0.736. The van der Waals surface area contributed by atoms with Gasteiger partial charge in [-0.05, 0) is 38.3 Å². The highest BCUT2D eigenvalue weighted by atomic mass is 19.1. The highest BCUT2D eigenvalue weighted by Crippen LogP contribution is 2.25. The van der Waals surface area contributed by atoms with Crippen molar-refractivity contribution in [2.75, 3.05) is 19.7 Å². The third-order valence-electron chi connectivity index (χ3n) is 5.07. The Morgan fingerprint density at radius 2 is 2.00 bits per heavy atom. The molecule has 0 aliphatic carbocycles. The second-order valence-corrected chi connectivity index (χ2v) is 6.89. The van der Waals surface area contributed by atoms with E-state index < -0.39 is 11.8 Å². The summed E-state index contributed by atoms with van der Waals surface area (Å²) in [7, 11) is 0. The lowest BCUT2D eigenvalue weighted by Crippen LogP contribution is -2.39. The Morgan fingerprint density at radius 3 is 2.64 bits per heavy atom. The first-order valence-electron chi connectivity index (χ1n) is 9.40. The van der Waals surface area contributed by atoms with Gasteiger partial charge in [-0.3, -0.25) is 9.48 Å². The number of halogens is 1. The fraction of sp³-hybridized carbons (Fsp3) is 0.450. The lowest BCUT2D eigenvalue weighted by molar-refractivity contribution is -0.132. The van der Waals surface area contributed by atoms with Gasteiger partial charge in [-0.15, -0.1) is 0 Å². The third-order valence-corrected chi connectivity index (χ3v) is 5.07. The molecule has 1 saturated heterocycles. The molecule has 7 nitrogen and oxygen atoms in total. The number of likely N-dealkylation sites (tertiary alicyclic amines) is 1. The molecule has 0 unspecified atom stereocenters. The summed E-state index contributed by atoms with van der Waals surface area (Å²) in [5.74, 6) is -1.13. The van der Waals surface area contributed by atoms with Crippen molar-refractivity contribution in [3.8, 4) is 5.75 Å². The van der Waals surface area contributed by atoms with E-state index in [2.05, 4.69) is 5.10 Å². The van der Waals surface area contributed by atoms with Crippen LogP contribution in [-0.2, 0) is 4.79 Å². The van der Waals surface area contributed by atoms with E-state index in [1.807, 2.05) is 4.90 Å². The number of carbonyl (C=O) groups is 2. The molecule has 0 spiro atoms. The number of hydrogen-bond acceptors (Lipinski definition) is 4. The number of amides is 1. The molecule has 1 N–H and O–H groups in total. The number of carbonyl (C=O) groups excluding carboxylic acids is 1. The molecule has 1 aliphatic heterocycles. The number of carboxylic acid groups (broad SMARTS) is 1. The van der Waals surface area contributed by atoms with Gasteiger partial charge in [0.25, 0.3) is 0 Å². The van der Waals surface area contributed by atoms with E-state index in [-0.39, 0.29) is 29.9 Å². The minimum Gasteiger partial charge on any atom is -0.491 e. The Labute approximate surface area is 162 Å². The molecule has 3 rings (SSSR count). The van der Waals surface area contributed by atoms with Gasteiger partial charge in [-0.2, -0.15) is 5.10 Å². The van der Waals surface area contributed by atoms with Crippen LogP contribution in [0.3, 0.4) is 0 Å². The zero-order chi connectivity index (χ0) is 20.1. The summed E-state index contributed by atoms with van der Waals surface area (Å²) in [4.78, 5) is 25.3. The number of benzene rings is 1. The predicted molar refractivity (Wildman–Crippen MR) is 99.9 cm³/mol. The van der Waals surface area contributed by atoms with E-state index in [4.69, 9.17) is 9.84 Å². The SMILES string of the molecule is Cc1c(C(=O)O)cnn1C1CCN(C(=O)CCCOc2ccccc2F)CC1. The molecule has 28 heavy (non-hydrogen) atoms. The summed E-state index contributed by atoms with van der Waals surface area (Å²) < 4.78 is 20.6. The first-order chi connectivity index (χ1) is 13.5. The highest BCUT2D eigenvalue weighted by molar-refractivity contribution is 5.88. The summed E-state index contributed by atoms with van der Waals surface area (Å²) in [5, 5.41) is 13.4. The average molecular weight is 389 g/mol. The van der Waals surface area contributed by atoms with Crippen LogP contribution in [-0.4, -0.2) is 51.4 Å². The molecule has 0 radical (unpaired) electrons. The average Bonchev–Trinajstić information content (AvgIpc) is 3.08. The molecule has 1 amide bonds. The van der Waals surface area contributed by atoms with Crippen molar-refractivity contribution in [3.63, 3.8) is 0 Å². The molecule has 150 valence electrons. The molecular weight excluding hydrogens is 365 g/mol. The van der Waals surface area contributed by atoms with Crippen molar-refractivity contribution in [2.24, 2.45) is 0 Å². The minimum absolute atomic E-state index is 0.0546. The van der Waals surface area contributed by atoms with Crippen LogP contribution in [0.4, 0.5) is 4.39 Å². The largest absolute Gasteiger partial charge is 0.491 e. The van der Waals surface area contributed by atoms with Gasteiger partial charge < -0.3 is 14.7 Å². The number of piperidine rings is 1. The summed E-state index contributed by atoms with van der Waals surface area (Å²) in [6, 6.07) is 6.30. The first kappa shape index (κ1) is 19.9. The van der Waals surface area contributed by atoms with Crippen molar-refractivity contribution in [2.45, 2.75) is 38.6 Å². The number of nitrogens with zero attached hydrogens (tertiary/aromatic N) is 3. The van der Waals surface area contributed by atoms with E-state index in [0.29, 0.717) is 31.6 Å². The maximum atomic E-state index is 13.5. The molecule has 0 bridgehead atoms. The van der Waals surface area contributed by atoms with Crippen molar-refractivity contribution in [1.82, 2.24) is 14.7 Å². The van der Waals surface area contributed by atoms with Gasteiger partial charge >= 0.3 is 5.97 Å². The van der Waals surface area contributed by atoms with Crippen LogP contribution in [0.15, 0.2) is 30.5 Å². The van der Waals surface area contributed by atoms with Crippen LogP contribution in [0, 0.1) is 12.7 Å². The monoisotopic (exact) mass is 389 g/mol. The standard InChI is InChI=1S/C20H24FN3O4/c1-14-16(20(26)27)13-22-24(14)15-8-10-23(11-9-15)19(25)7-4-12-28-18-6-3-2-5-17(18)21/h2-3,5-6,13,15H,4,7-12H2,1H3,(H,26,27). The zero-order valence-electron chi connectivity index (χ0n) is 15.8. The summed E-state index contributed by atoms with van der Waals surface area (Å²) in [6.45, 7) is 3.26. The molecule has 8 heteroatoms.